The first kappa shape index (κ1) is 16.6. The minimum atomic E-state index is -0.289. The molecule has 0 saturated carbocycles. The lowest BCUT2D eigenvalue weighted by Crippen LogP contribution is -2.38. The van der Waals surface area contributed by atoms with Gasteiger partial charge in [-0.2, -0.15) is 0 Å². The van der Waals surface area contributed by atoms with Crippen molar-refractivity contribution in [2.45, 2.75) is 32.2 Å². The van der Waals surface area contributed by atoms with Crippen LogP contribution in [0.15, 0.2) is 18.2 Å². The third-order valence-electron chi connectivity index (χ3n) is 4.86. The van der Waals surface area contributed by atoms with Crippen molar-refractivity contribution in [2.75, 3.05) is 26.7 Å². The van der Waals surface area contributed by atoms with E-state index in [2.05, 4.69) is 5.32 Å². The highest BCUT2D eigenvalue weighted by molar-refractivity contribution is 6.22. The van der Waals surface area contributed by atoms with Crippen LogP contribution in [0, 0.1) is 0 Å². The summed E-state index contributed by atoms with van der Waals surface area (Å²) in [5.74, 6) is -0.655. The second kappa shape index (κ2) is 6.73. The molecule has 0 radical (unpaired) electrons. The van der Waals surface area contributed by atoms with Crippen LogP contribution in [-0.4, -0.2) is 60.2 Å². The fraction of sp³-hybridized carbons (Fsp3) is 0.500. The summed E-state index contributed by atoms with van der Waals surface area (Å²) in [7, 11) is 1.79. The van der Waals surface area contributed by atoms with Crippen LogP contribution in [0.5, 0.6) is 0 Å². The Bertz CT molecular complexity index is 680. The molecule has 1 fully saturated rings. The standard InChI is InChI=1S/C18H23N3O3/c1-3-4-9-21-17(23)14-6-5-12(10-15(14)18(21)24)16(22)20(2)13-7-8-19-11-13/h5-6,10,13,19H,3-4,7-9,11H2,1-2H3. The zero-order chi connectivity index (χ0) is 17.3. The van der Waals surface area contributed by atoms with Gasteiger partial charge in [-0.05, 0) is 37.6 Å². The first-order valence-electron chi connectivity index (χ1n) is 8.52. The summed E-state index contributed by atoms with van der Waals surface area (Å²) in [5.41, 5.74) is 1.21. The summed E-state index contributed by atoms with van der Waals surface area (Å²) in [4.78, 5) is 40.5. The number of carbonyl (C=O) groups excluding carboxylic acids is 3. The Kier molecular flexibility index (Phi) is 4.66. The van der Waals surface area contributed by atoms with E-state index < -0.39 is 0 Å². The van der Waals surface area contributed by atoms with Gasteiger partial charge in [0.2, 0.25) is 0 Å². The first-order chi connectivity index (χ1) is 11.5. The fourth-order valence-electron chi connectivity index (χ4n) is 3.28. The molecule has 0 spiro atoms. The van der Waals surface area contributed by atoms with Gasteiger partial charge in [-0.1, -0.05) is 13.3 Å². The van der Waals surface area contributed by atoms with E-state index in [1.165, 1.54) is 4.90 Å². The molecule has 0 aliphatic carbocycles. The first-order valence-corrected chi connectivity index (χ1v) is 8.52. The lowest BCUT2D eigenvalue weighted by atomic mass is 10.0. The summed E-state index contributed by atoms with van der Waals surface area (Å²) in [6.07, 6.45) is 2.63. The third-order valence-corrected chi connectivity index (χ3v) is 4.86. The van der Waals surface area contributed by atoms with E-state index in [1.54, 1.807) is 30.1 Å². The van der Waals surface area contributed by atoms with E-state index in [4.69, 9.17) is 0 Å². The van der Waals surface area contributed by atoms with Crippen molar-refractivity contribution in [3.05, 3.63) is 34.9 Å². The van der Waals surface area contributed by atoms with Crippen molar-refractivity contribution in [3.8, 4) is 0 Å². The van der Waals surface area contributed by atoms with Crippen molar-refractivity contribution >= 4 is 17.7 Å². The molecular weight excluding hydrogens is 306 g/mol. The molecular formula is C18H23N3O3. The number of hydrogen-bond donors (Lipinski definition) is 1. The highest BCUT2D eigenvalue weighted by Crippen LogP contribution is 2.25. The van der Waals surface area contributed by atoms with Crippen LogP contribution in [0.25, 0.3) is 0 Å². The van der Waals surface area contributed by atoms with E-state index in [1.807, 2.05) is 6.92 Å². The van der Waals surface area contributed by atoms with Crippen molar-refractivity contribution < 1.29 is 14.4 Å². The van der Waals surface area contributed by atoms with Gasteiger partial charge in [-0.25, -0.2) is 0 Å². The molecule has 3 amide bonds. The van der Waals surface area contributed by atoms with E-state index in [9.17, 15) is 14.4 Å². The fourth-order valence-corrected chi connectivity index (χ4v) is 3.28. The van der Waals surface area contributed by atoms with Gasteiger partial charge in [0.05, 0.1) is 11.1 Å². The summed E-state index contributed by atoms with van der Waals surface area (Å²) >= 11 is 0. The minimum absolute atomic E-state index is 0.112. The number of benzene rings is 1. The molecule has 1 unspecified atom stereocenters. The van der Waals surface area contributed by atoms with Gasteiger partial charge < -0.3 is 10.2 Å². The van der Waals surface area contributed by atoms with Gasteiger partial charge in [0.1, 0.15) is 0 Å². The average Bonchev–Trinajstić information content (AvgIpc) is 3.21. The molecule has 0 aromatic heterocycles. The van der Waals surface area contributed by atoms with Gasteiger partial charge in [-0.15, -0.1) is 0 Å². The van der Waals surface area contributed by atoms with Crippen LogP contribution in [-0.2, 0) is 0 Å². The summed E-state index contributed by atoms with van der Waals surface area (Å²) in [6, 6.07) is 5.00. The van der Waals surface area contributed by atoms with Gasteiger partial charge in [-0.3, -0.25) is 19.3 Å². The zero-order valence-electron chi connectivity index (χ0n) is 14.2. The Labute approximate surface area is 141 Å². The Morgan fingerprint density at radius 2 is 2.04 bits per heavy atom. The molecule has 1 aromatic rings. The normalized spacial score (nSPS) is 19.8. The Morgan fingerprint density at radius 1 is 1.29 bits per heavy atom. The lowest BCUT2D eigenvalue weighted by Gasteiger charge is -2.23. The predicted octanol–water partition coefficient (Wildman–Crippen LogP) is 1.52. The highest BCUT2D eigenvalue weighted by atomic mass is 16.2. The number of hydrogen-bond acceptors (Lipinski definition) is 4. The number of imide groups is 1. The second-order valence-corrected chi connectivity index (χ2v) is 6.44. The van der Waals surface area contributed by atoms with E-state index in [0.717, 1.165) is 32.4 Å². The zero-order valence-corrected chi connectivity index (χ0v) is 14.2. The lowest BCUT2D eigenvalue weighted by molar-refractivity contribution is 0.0651. The number of unbranched alkanes of at least 4 members (excludes halogenated alkanes) is 1. The maximum atomic E-state index is 12.7. The summed E-state index contributed by atoms with van der Waals surface area (Å²) in [6.45, 7) is 4.14. The summed E-state index contributed by atoms with van der Waals surface area (Å²) in [5, 5.41) is 3.24. The predicted molar refractivity (Wildman–Crippen MR) is 90.1 cm³/mol. The number of rotatable bonds is 5. The smallest absolute Gasteiger partial charge is 0.261 e. The Hall–Kier alpha value is -2.21. The molecule has 6 heteroatoms. The Morgan fingerprint density at radius 3 is 2.71 bits per heavy atom. The monoisotopic (exact) mass is 329 g/mol. The SMILES string of the molecule is CCCCN1C(=O)c2ccc(C(=O)N(C)C3CCNC3)cc2C1=O. The number of fused-ring (bicyclic) bond motifs is 1. The number of carbonyl (C=O) groups is 3. The maximum absolute atomic E-state index is 12.7. The highest BCUT2D eigenvalue weighted by Gasteiger charge is 2.36. The van der Waals surface area contributed by atoms with E-state index in [0.29, 0.717) is 23.2 Å². The van der Waals surface area contributed by atoms with Gasteiger partial charge >= 0.3 is 0 Å². The Balaban J connectivity index is 1.82. The average molecular weight is 329 g/mol. The molecule has 2 aliphatic rings. The number of likely N-dealkylation sites (N-methyl/N-ethyl adjacent to an activating group) is 1. The van der Waals surface area contributed by atoms with Crippen LogP contribution in [0.1, 0.15) is 57.3 Å². The second-order valence-electron chi connectivity index (χ2n) is 6.44. The van der Waals surface area contributed by atoms with E-state index >= 15 is 0 Å². The largest absolute Gasteiger partial charge is 0.337 e. The van der Waals surface area contributed by atoms with Crippen LogP contribution in [0.3, 0.4) is 0 Å². The minimum Gasteiger partial charge on any atom is -0.337 e. The molecule has 2 aliphatic heterocycles. The van der Waals surface area contributed by atoms with Crippen LogP contribution < -0.4 is 5.32 Å². The molecule has 2 heterocycles. The van der Waals surface area contributed by atoms with Crippen LogP contribution in [0.2, 0.25) is 0 Å². The number of amides is 3. The molecule has 0 bridgehead atoms. The molecule has 128 valence electrons. The van der Waals surface area contributed by atoms with Gasteiger partial charge in [0, 0.05) is 31.7 Å². The van der Waals surface area contributed by atoms with Crippen molar-refractivity contribution in [1.29, 1.82) is 0 Å². The molecule has 24 heavy (non-hydrogen) atoms. The molecule has 3 rings (SSSR count). The van der Waals surface area contributed by atoms with Gasteiger partial charge in [0.25, 0.3) is 17.7 Å². The molecule has 1 aromatic carbocycles. The van der Waals surface area contributed by atoms with Crippen LogP contribution >= 0.6 is 0 Å². The van der Waals surface area contributed by atoms with Crippen molar-refractivity contribution in [1.82, 2.24) is 15.1 Å². The van der Waals surface area contributed by atoms with E-state index in [-0.39, 0.29) is 23.8 Å². The molecule has 1 N–H and O–H groups in total. The maximum Gasteiger partial charge on any atom is 0.261 e. The van der Waals surface area contributed by atoms with Crippen LogP contribution in [0.4, 0.5) is 0 Å². The van der Waals surface area contributed by atoms with Gasteiger partial charge in [0.15, 0.2) is 0 Å². The number of nitrogens with one attached hydrogen (secondary N) is 1. The molecule has 1 atom stereocenters. The molecule has 1 saturated heterocycles. The quantitative estimate of drug-likeness (QED) is 0.832. The number of nitrogens with zero attached hydrogens (tertiary/aromatic N) is 2. The summed E-state index contributed by atoms with van der Waals surface area (Å²) < 4.78 is 0. The molecule has 6 nitrogen and oxygen atoms in total. The van der Waals surface area contributed by atoms with Crippen molar-refractivity contribution in [3.63, 3.8) is 0 Å². The van der Waals surface area contributed by atoms with Crippen molar-refractivity contribution in [2.24, 2.45) is 0 Å². The third kappa shape index (κ3) is 2.82. The topological polar surface area (TPSA) is 69.7 Å².